The summed E-state index contributed by atoms with van der Waals surface area (Å²) in [6.07, 6.45) is 0. The number of aliphatic hydroxyl groups excluding tert-OH is 1. The van der Waals surface area contributed by atoms with Crippen molar-refractivity contribution >= 4 is 11.6 Å². The molecule has 0 fully saturated rings. The first-order valence-corrected chi connectivity index (χ1v) is 4.27. The van der Waals surface area contributed by atoms with Crippen molar-refractivity contribution in [1.29, 1.82) is 0 Å². The summed E-state index contributed by atoms with van der Waals surface area (Å²) < 4.78 is 5.01. The fourth-order valence-electron chi connectivity index (χ4n) is 1.07. The van der Waals surface area contributed by atoms with Crippen LogP contribution < -0.4 is 10.5 Å². The summed E-state index contributed by atoms with van der Waals surface area (Å²) >= 11 is 5.97. The number of hydrogen-bond acceptors (Lipinski definition) is 3. The normalized spacial score (nSPS) is 12.6. The lowest BCUT2D eigenvalue weighted by Gasteiger charge is -2.12. The van der Waals surface area contributed by atoms with Gasteiger partial charge in [0.1, 0.15) is 5.75 Å². The van der Waals surface area contributed by atoms with Gasteiger partial charge in [-0.15, -0.1) is 0 Å². The highest BCUT2D eigenvalue weighted by Crippen LogP contribution is 2.30. The molecule has 1 atom stereocenters. The van der Waals surface area contributed by atoms with E-state index >= 15 is 0 Å². The van der Waals surface area contributed by atoms with E-state index in [1.54, 1.807) is 18.2 Å². The molecular formula is C9H12ClNO2. The smallest absolute Gasteiger partial charge is 0.137 e. The van der Waals surface area contributed by atoms with Gasteiger partial charge in [-0.25, -0.2) is 0 Å². The van der Waals surface area contributed by atoms with E-state index in [4.69, 9.17) is 27.2 Å². The molecule has 3 nitrogen and oxygen atoms in total. The number of aliphatic hydroxyl groups is 1. The molecular weight excluding hydrogens is 190 g/mol. The van der Waals surface area contributed by atoms with E-state index in [1.165, 1.54) is 7.11 Å². The Hall–Kier alpha value is -0.770. The summed E-state index contributed by atoms with van der Waals surface area (Å²) in [5.74, 6) is 0.572. The molecule has 0 aliphatic heterocycles. The molecule has 4 heteroatoms. The standard InChI is InChI=1S/C9H12ClNO2/c1-13-8-4-2-3-6(9(8)10)7(11)5-12/h2-4,7,12H,5,11H2,1H3. The van der Waals surface area contributed by atoms with Crippen molar-refractivity contribution in [2.75, 3.05) is 13.7 Å². The molecule has 3 N–H and O–H groups in total. The third kappa shape index (κ3) is 2.12. The Labute approximate surface area is 82.1 Å². The molecule has 0 aliphatic carbocycles. The van der Waals surface area contributed by atoms with Gasteiger partial charge >= 0.3 is 0 Å². The number of hydrogen-bond donors (Lipinski definition) is 2. The van der Waals surface area contributed by atoms with Gasteiger partial charge in [-0.1, -0.05) is 23.7 Å². The molecule has 1 aromatic carbocycles. The lowest BCUT2D eigenvalue weighted by molar-refractivity contribution is 0.267. The lowest BCUT2D eigenvalue weighted by Crippen LogP contribution is -2.15. The van der Waals surface area contributed by atoms with Crippen LogP contribution in [-0.2, 0) is 0 Å². The van der Waals surface area contributed by atoms with Crippen LogP contribution in [0.4, 0.5) is 0 Å². The van der Waals surface area contributed by atoms with Crippen molar-refractivity contribution in [1.82, 2.24) is 0 Å². The second-order valence-electron chi connectivity index (χ2n) is 2.65. The number of ether oxygens (including phenoxy) is 1. The van der Waals surface area contributed by atoms with Gasteiger partial charge in [-0.2, -0.15) is 0 Å². The first-order chi connectivity index (χ1) is 6.20. The van der Waals surface area contributed by atoms with Crippen LogP contribution >= 0.6 is 11.6 Å². The maximum atomic E-state index is 8.85. The number of halogens is 1. The van der Waals surface area contributed by atoms with Crippen LogP contribution in [0, 0.1) is 0 Å². The minimum absolute atomic E-state index is 0.132. The van der Waals surface area contributed by atoms with Crippen molar-refractivity contribution in [2.24, 2.45) is 5.73 Å². The van der Waals surface area contributed by atoms with Gasteiger partial charge in [0.05, 0.1) is 24.8 Å². The molecule has 0 bridgehead atoms. The van der Waals surface area contributed by atoms with Gasteiger partial charge in [-0.05, 0) is 11.6 Å². The zero-order valence-electron chi connectivity index (χ0n) is 7.33. The lowest BCUT2D eigenvalue weighted by atomic mass is 10.1. The van der Waals surface area contributed by atoms with E-state index < -0.39 is 6.04 Å². The Morgan fingerprint density at radius 1 is 1.62 bits per heavy atom. The Balaban J connectivity index is 3.08. The largest absolute Gasteiger partial charge is 0.495 e. The van der Waals surface area contributed by atoms with Crippen molar-refractivity contribution in [3.05, 3.63) is 28.8 Å². The molecule has 0 spiro atoms. The van der Waals surface area contributed by atoms with Gasteiger partial charge in [-0.3, -0.25) is 0 Å². The Bertz CT molecular complexity index is 291. The van der Waals surface area contributed by atoms with Crippen LogP contribution in [0.15, 0.2) is 18.2 Å². The highest BCUT2D eigenvalue weighted by molar-refractivity contribution is 6.32. The number of benzene rings is 1. The second-order valence-corrected chi connectivity index (χ2v) is 3.03. The summed E-state index contributed by atoms with van der Waals surface area (Å²) in [6, 6.07) is 4.85. The molecule has 0 saturated heterocycles. The molecule has 0 radical (unpaired) electrons. The molecule has 13 heavy (non-hydrogen) atoms. The summed E-state index contributed by atoms with van der Waals surface area (Å²) in [5, 5.41) is 9.32. The molecule has 1 aromatic rings. The Kier molecular flexibility index (Phi) is 3.54. The van der Waals surface area contributed by atoms with Crippen molar-refractivity contribution in [2.45, 2.75) is 6.04 Å². The van der Waals surface area contributed by atoms with E-state index in [0.29, 0.717) is 16.3 Å². The van der Waals surface area contributed by atoms with Gasteiger partial charge in [0, 0.05) is 0 Å². The molecule has 0 aliphatic rings. The molecule has 0 heterocycles. The van der Waals surface area contributed by atoms with Crippen molar-refractivity contribution in [3.63, 3.8) is 0 Å². The van der Waals surface area contributed by atoms with Crippen molar-refractivity contribution < 1.29 is 9.84 Å². The zero-order chi connectivity index (χ0) is 9.84. The first-order valence-electron chi connectivity index (χ1n) is 3.89. The second kappa shape index (κ2) is 4.46. The Morgan fingerprint density at radius 2 is 2.31 bits per heavy atom. The highest BCUT2D eigenvalue weighted by Gasteiger charge is 2.11. The SMILES string of the molecule is COc1cccc(C(N)CO)c1Cl. The van der Waals surface area contributed by atoms with Gasteiger partial charge in [0.15, 0.2) is 0 Å². The van der Waals surface area contributed by atoms with E-state index in [-0.39, 0.29) is 6.61 Å². The van der Waals surface area contributed by atoms with Crippen LogP contribution in [0.1, 0.15) is 11.6 Å². The monoisotopic (exact) mass is 201 g/mol. The van der Waals surface area contributed by atoms with Crippen LogP contribution in [0.5, 0.6) is 5.75 Å². The summed E-state index contributed by atoms with van der Waals surface area (Å²) in [4.78, 5) is 0. The predicted molar refractivity (Wildman–Crippen MR) is 52.0 cm³/mol. The maximum absolute atomic E-state index is 8.85. The molecule has 0 saturated carbocycles. The minimum atomic E-state index is -0.456. The predicted octanol–water partition coefficient (Wildman–Crippen LogP) is 1.34. The fraction of sp³-hybridized carbons (Fsp3) is 0.333. The van der Waals surface area contributed by atoms with Crippen LogP contribution in [0.25, 0.3) is 0 Å². The summed E-state index contributed by atoms with van der Waals surface area (Å²) in [5.41, 5.74) is 6.33. The van der Waals surface area contributed by atoms with E-state index in [9.17, 15) is 0 Å². The fourth-order valence-corrected chi connectivity index (χ4v) is 1.41. The average Bonchev–Trinajstić information content (AvgIpc) is 2.17. The molecule has 0 amide bonds. The molecule has 0 aromatic heterocycles. The summed E-state index contributed by atoms with van der Waals surface area (Å²) in [7, 11) is 1.54. The topological polar surface area (TPSA) is 55.5 Å². The molecule has 1 unspecified atom stereocenters. The number of nitrogens with two attached hydrogens (primary N) is 1. The average molecular weight is 202 g/mol. The minimum Gasteiger partial charge on any atom is -0.495 e. The van der Waals surface area contributed by atoms with E-state index in [2.05, 4.69) is 0 Å². The quantitative estimate of drug-likeness (QED) is 0.776. The van der Waals surface area contributed by atoms with Crippen LogP contribution in [0.3, 0.4) is 0 Å². The molecule has 1 rings (SSSR count). The van der Waals surface area contributed by atoms with E-state index in [1.807, 2.05) is 0 Å². The van der Waals surface area contributed by atoms with E-state index in [0.717, 1.165) is 0 Å². The third-order valence-electron chi connectivity index (χ3n) is 1.81. The van der Waals surface area contributed by atoms with Gasteiger partial charge in [0.25, 0.3) is 0 Å². The van der Waals surface area contributed by atoms with Crippen LogP contribution in [-0.4, -0.2) is 18.8 Å². The third-order valence-corrected chi connectivity index (χ3v) is 2.21. The first kappa shape index (κ1) is 10.3. The summed E-state index contributed by atoms with van der Waals surface area (Å²) in [6.45, 7) is -0.132. The zero-order valence-corrected chi connectivity index (χ0v) is 8.08. The van der Waals surface area contributed by atoms with Crippen LogP contribution in [0.2, 0.25) is 5.02 Å². The number of methoxy groups -OCH3 is 1. The maximum Gasteiger partial charge on any atom is 0.137 e. The van der Waals surface area contributed by atoms with Gasteiger partial charge < -0.3 is 15.6 Å². The van der Waals surface area contributed by atoms with Gasteiger partial charge in [0.2, 0.25) is 0 Å². The Morgan fingerprint density at radius 3 is 2.85 bits per heavy atom. The van der Waals surface area contributed by atoms with Crippen molar-refractivity contribution in [3.8, 4) is 5.75 Å². The number of rotatable bonds is 3. The highest BCUT2D eigenvalue weighted by atomic mass is 35.5. The molecule has 72 valence electrons.